The number of carbonyl (C=O) groups excluding carboxylic acids is 2. The molecule has 2 amide bonds. The van der Waals surface area contributed by atoms with Crippen LogP contribution in [0.3, 0.4) is 0 Å². The highest BCUT2D eigenvalue weighted by Gasteiger charge is 2.24. The Balaban J connectivity index is 2.08. The van der Waals surface area contributed by atoms with Gasteiger partial charge in [-0.3, -0.25) is 9.59 Å². The van der Waals surface area contributed by atoms with E-state index in [1.165, 1.54) is 0 Å². The van der Waals surface area contributed by atoms with E-state index in [0.29, 0.717) is 25.2 Å². The zero-order chi connectivity index (χ0) is 17.7. The monoisotopic (exact) mass is 329 g/mol. The zero-order valence-electron chi connectivity index (χ0n) is 14.6. The molecule has 0 radical (unpaired) electrons. The molecule has 2 N–H and O–H groups in total. The molecular formula is C19H27N3O2. The number of hydrogen-bond acceptors (Lipinski definition) is 3. The summed E-state index contributed by atoms with van der Waals surface area (Å²) in [6.07, 6.45) is 1.81. The van der Waals surface area contributed by atoms with Gasteiger partial charge in [0.05, 0.1) is 5.92 Å². The Hall–Kier alpha value is -2.30. The molecular weight excluding hydrogens is 302 g/mol. The van der Waals surface area contributed by atoms with Crippen molar-refractivity contribution >= 4 is 17.5 Å². The van der Waals surface area contributed by atoms with E-state index in [-0.39, 0.29) is 17.7 Å². The lowest BCUT2D eigenvalue weighted by Gasteiger charge is -2.33. The van der Waals surface area contributed by atoms with Gasteiger partial charge in [0.15, 0.2) is 0 Å². The summed E-state index contributed by atoms with van der Waals surface area (Å²) in [5.74, 6) is -0.309. The molecule has 130 valence electrons. The molecule has 1 aromatic rings. The van der Waals surface area contributed by atoms with Crippen LogP contribution in [0.15, 0.2) is 36.4 Å². The highest BCUT2D eigenvalue weighted by Crippen LogP contribution is 2.23. The molecule has 1 fully saturated rings. The minimum Gasteiger partial charge on any atom is -0.371 e. The highest BCUT2D eigenvalue weighted by atomic mass is 16.2. The molecule has 5 heteroatoms. The van der Waals surface area contributed by atoms with Gasteiger partial charge in [-0.15, -0.1) is 0 Å². The number of rotatable bonds is 6. The molecule has 1 atom stereocenters. The average molecular weight is 329 g/mol. The number of nitrogens with zero attached hydrogens (tertiary/aromatic N) is 2. The van der Waals surface area contributed by atoms with Crippen molar-refractivity contribution in [1.82, 2.24) is 4.90 Å². The molecule has 0 saturated carbocycles. The Kier molecular flexibility index (Phi) is 6.01. The summed E-state index contributed by atoms with van der Waals surface area (Å²) in [4.78, 5) is 27.9. The van der Waals surface area contributed by atoms with E-state index in [9.17, 15) is 9.59 Å². The zero-order valence-corrected chi connectivity index (χ0v) is 14.6. The quantitative estimate of drug-likeness (QED) is 0.815. The van der Waals surface area contributed by atoms with Gasteiger partial charge in [0.2, 0.25) is 5.91 Å². The van der Waals surface area contributed by atoms with Crippen LogP contribution in [0.5, 0.6) is 0 Å². The van der Waals surface area contributed by atoms with Gasteiger partial charge in [-0.2, -0.15) is 0 Å². The second-order valence-electron chi connectivity index (χ2n) is 6.51. The maximum absolute atomic E-state index is 12.6. The van der Waals surface area contributed by atoms with Crippen molar-refractivity contribution in [1.29, 1.82) is 0 Å². The molecule has 2 rings (SSSR count). The first-order valence-corrected chi connectivity index (χ1v) is 8.50. The molecule has 0 bridgehead atoms. The van der Waals surface area contributed by atoms with Crippen LogP contribution in [-0.4, -0.2) is 42.9 Å². The number of hydrogen-bond donors (Lipinski definition) is 1. The van der Waals surface area contributed by atoms with Crippen molar-refractivity contribution in [2.24, 2.45) is 11.7 Å². The van der Waals surface area contributed by atoms with Crippen LogP contribution in [0.4, 0.5) is 5.69 Å². The van der Waals surface area contributed by atoms with E-state index in [2.05, 4.69) is 11.5 Å². The van der Waals surface area contributed by atoms with Gasteiger partial charge in [0.25, 0.3) is 5.91 Å². The Bertz CT molecular complexity index is 610. The summed E-state index contributed by atoms with van der Waals surface area (Å²) in [7, 11) is 0. The highest BCUT2D eigenvalue weighted by molar-refractivity contribution is 5.94. The summed E-state index contributed by atoms with van der Waals surface area (Å²) in [6, 6.07) is 7.61. The topological polar surface area (TPSA) is 66.6 Å². The molecule has 1 saturated heterocycles. The van der Waals surface area contributed by atoms with Gasteiger partial charge >= 0.3 is 0 Å². The summed E-state index contributed by atoms with van der Waals surface area (Å²) >= 11 is 0. The second kappa shape index (κ2) is 7.99. The molecule has 1 unspecified atom stereocenters. The predicted molar refractivity (Wildman–Crippen MR) is 97.0 cm³/mol. The lowest BCUT2D eigenvalue weighted by atomic mass is 9.97. The number of likely N-dealkylation sites (N-methyl/N-ethyl adjacent to an activating group) is 1. The van der Waals surface area contributed by atoms with Crippen molar-refractivity contribution < 1.29 is 9.59 Å². The van der Waals surface area contributed by atoms with Crippen molar-refractivity contribution in [2.45, 2.75) is 26.7 Å². The Labute approximate surface area is 144 Å². The third-order valence-electron chi connectivity index (χ3n) is 4.43. The minimum atomic E-state index is -0.232. The third kappa shape index (κ3) is 4.37. The lowest BCUT2D eigenvalue weighted by Crippen LogP contribution is -2.41. The first-order valence-electron chi connectivity index (χ1n) is 8.50. The first kappa shape index (κ1) is 18.0. The van der Waals surface area contributed by atoms with Gasteiger partial charge < -0.3 is 15.5 Å². The van der Waals surface area contributed by atoms with E-state index in [1.54, 1.807) is 4.90 Å². The number of anilines is 1. The Morgan fingerprint density at radius 3 is 2.54 bits per heavy atom. The molecule has 1 aliphatic rings. The van der Waals surface area contributed by atoms with Gasteiger partial charge in [-0.25, -0.2) is 0 Å². The fourth-order valence-corrected chi connectivity index (χ4v) is 3.09. The molecule has 5 nitrogen and oxygen atoms in total. The summed E-state index contributed by atoms with van der Waals surface area (Å²) in [5.41, 5.74) is 8.10. The molecule has 1 aliphatic heterocycles. The van der Waals surface area contributed by atoms with Crippen molar-refractivity contribution in [3.05, 3.63) is 42.0 Å². The van der Waals surface area contributed by atoms with Crippen LogP contribution in [-0.2, 0) is 4.79 Å². The van der Waals surface area contributed by atoms with Crippen LogP contribution in [0, 0.1) is 5.92 Å². The number of primary amides is 1. The third-order valence-corrected chi connectivity index (χ3v) is 4.43. The number of carbonyl (C=O) groups is 2. The van der Waals surface area contributed by atoms with Gasteiger partial charge in [0, 0.05) is 37.4 Å². The van der Waals surface area contributed by atoms with E-state index in [1.807, 2.05) is 38.1 Å². The van der Waals surface area contributed by atoms with E-state index >= 15 is 0 Å². The standard InChI is InChI=1S/C19H27N3O2/c1-4-21(12-14(2)3)19(24)15-7-9-17(10-8-15)22-11-5-6-16(13-22)18(20)23/h7-10,16H,2,4-6,11-13H2,1,3H3,(H2,20,23). The molecule has 0 spiro atoms. The van der Waals surface area contributed by atoms with Gasteiger partial charge in [-0.05, 0) is 51.0 Å². The lowest BCUT2D eigenvalue weighted by molar-refractivity contribution is -0.122. The van der Waals surface area contributed by atoms with Crippen LogP contribution >= 0.6 is 0 Å². The van der Waals surface area contributed by atoms with Crippen molar-refractivity contribution in [3.8, 4) is 0 Å². The fourth-order valence-electron chi connectivity index (χ4n) is 3.09. The number of benzene rings is 1. The van der Waals surface area contributed by atoms with Crippen LogP contribution in [0.2, 0.25) is 0 Å². The largest absolute Gasteiger partial charge is 0.371 e. The minimum absolute atomic E-state index is 0.0145. The number of nitrogens with two attached hydrogens (primary N) is 1. The maximum atomic E-state index is 12.6. The molecule has 0 aliphatic carbocycles. The summed E-state index contributed by atoms with van der Waals surface area (Å²) in [6.45, 7) is 10.6. The maximum Gasteiger partial charge on any atom is 0.254 e. The smallest absolute Gasteiger partial charge is 0.254 e. The molecule has 0 aromatic heterocycles. The van der Waals surface area contributed by atoms with E-state index in [4.69, 9.17) is 5.73 Å². The summed E-state index contributed by atoms with van der Waals surface area (Å²) in [5, 5.41) is 0. The van der Waals surface area contributed by atoms with Crippen LogP contribution < -0.4 is 10.6 Å². The normalized spacial score (nSPS) is 17.4. The SMILES string of the molecule is C=C(C)CN(CC)C(=O)c1ccc(N2CCCC(C(N)=O)C2)cc1. The molecule has 1 heterocycles. The van der Waals surface area contributed by atoms with E-state index in [0.717, 1.165) is 30.6 Å². The van der Waals surface area contributed by atoms with Gasteiger partial charge in [-0.1, -0.05) is 12.2 Å². The number of piperidine rings is 1. The average Bonchev–Trinajstić information content (AvgIpc) is 2.59. The molecule has 1 aromatic carbocycles. The predicted octanol–water partition coefficient (Wildman–Crippen LogP) is 2.43. The van der Waals surface area contributed by atoms with Crippen molar-refractivity contribution in [3.63, 3.8) is 0 Å². The van der Waals surface area contributed by atoms with E-state index < -0.39 is 0 Å². The Morgan fingerprint density at radius 1 is 1.33 bits per heavy atom. The van der Waals surface area contributed by atoms with Gasteiger partial charge in [0.1, 0.15) is 0 Å². The fraction of sp³-hybridized carbons (Fsp3) is 0.474. The number of amides is 2. The Morgan fingerprint density at radius 2 is 2.00 bits per heavy atom. The van der Waals surface area contributed by atoms with Crippen LogP contribution in [0.1, 0.15) is 37.0 Å². The van der Waals surface area contributed by atoms with Crippen LogP contribution in [0.25, 0.3) is 0 Å². The second-order valence-corrected chi connectivity index (χ2v) is 6.51. The first-order chi connectivity index (χ1) is 11.4. The summed E-state index contributed by atoms with van der Waals surface area (Å²) < 4.78 is 0. The van der Waals surface area contributed by atoms with Crippen molar-refractivity contribution in [2.75, 3.05) is 31.1 Å². The molecule has 24 heavy (non-hydrogen) atoms.